The molecule has 1 aliphatic carbocycles. The molecule has 1 fully saturated rings. The van der Waals surface area contributed by atoms with E-state index in [0.29, 0.717) is 12.8 Å². The van der Waals surface area contributed by atoms with E-state index in [9.17, 15) is 4.79 Å². The number of carbonyl (C=O) groups excluding carboxylic acids is 1. The molecule has 0 spiro atoms. The molecule has 1 unspecified atom stereocenters. The maximum atomic E-state index is 12.9. The molecule has 3 aromatic rings. The predicted molar refractivity (Wildman–Crippen MR) is 128 cm³/mol. The van der Waals surface area contributed by atoms with E-state index in [1.54, 1.807) is 11.8 Å². The maximum Gasteiger partial charge on any atom is 0.225 e. The fraction of sp³-hybridized carbons (Fsp3) is 0.480. The lowest BCUT2D eigenvalue weighted by atomic mass is 9.91. The van der Waals surface area contributed by atoms with Gasteiger partial charge in [0.05, 0.1) is 12.5 Å². The Kier molecular flexibility index (Phi) is 7.68. The van der Waals surface area contributed by atoms with E-state index < -0.39 is 0 Å². The van der Waals surface area contributed by atoms with Crippen molar-refractivity contribution in [1.29, 1.82) is 0 Å². The minimum absolute atomic E-state index is 0.00320. The average molecular weight is 452 g/mol. The third kappa shape index (κ3) is 6.03. The van der Waals surface area contributed by atoms with Crippen LogP contribution in [-0.2, 0) is 31.7 Å². The first-order chi connectivity index (χ1) is 15.6. The Morgan fingerprint density at radius 2 is 1.88 bits per heavy atom. The molecular weight excluding hydrogens is 418 g/mol. The second-order valence-corrected chi connectivity index (χ2v) is 9.87. The van der Waals surface area contributed by atoms with Crippen LogP contribution in [0.25, 0.3) is 0 Å². The van der Waals surface area contributed by atoms with Crippen LogP contribution in [0, 0.1) is 5.92 Å². The van der Waals surface area contributed by atoms with Crippen LogP contribution in [0.5, 0.6) is 0 Å². The van der Waals surface area contributed by atoms with Crippen LogP contribution in [0.3, 0.4) is 0 Å². The van der Waals surface area contributed by atoms with Crippen LogP contribution in [-0.4, -0.2) is 31.0 Å². The summed E-state index contributed by atoms with van der Waals surface area (Å²) in [5.41, 5.74) is 2.17. The average Bonchev–Trinajstić information content (AvgIpc) is 3.38. The summed E-state index contributed by atoms with van der Waals surface area (Å²) in [7, 11) is 3.98. The van der Waals surface area contributed by atoms with Crippen LogP contribution in [0.1, 0.15) is 55.1 Å². The van der Waals surface area contributed by atoms with Crippen LogP contribution in [0.4, 0.5) is 0 Å². The Morgan fingerprint density at radius 1 is 1.09 bits per heavy atom. The van der Waals surface area contributed by atoms with Gasteiger partial charge in [0.1, 0.15) is 0 Å². The molecule has 0 bridgehead atoms. The van der Waals surface area contributed by atoms with Crippen molar-refractivity contribution in [3.63, 3.8) is 0 Å². The number of hydrogen-bond acceptors (Lipinski definition) is 4. The van der Waals surface area contributed by atoms with Crippen molar-refractivity contribution in [3.8, 4) is 0 Å². The van der Waals surface area contributed by atoms with Gasteiger partial charge in [-0.05, 0) is 42.4 Å². The van der Waals surface area contributed by atoms with Gasteiger partial charge >= 0.3 is 0 Å². The highest BCUT2D eigenvalue weighted by Crippen LogP contribution is 2.30. The number of benzene rings is 1. The molecule has 4 rings (SSSR count). The smallest absolute Gasteiger partial charge is 0.225 e. The van der Waals surface area contributed by atoms with E-state index in [0.717, 1.165) is 33.8 Å². The third-order valence-corrected chi connectivity index (χ3v) is 7.48. The fourth-order valence-electron chi connectivity index (χ4n) is 4.45. The Bertz CT molecular complexity index is 1010. The zero-order valence-electron chi connectivity index (χ0n) is 19.0. The Hall–Kier alpha value is -2.54. The molecule has 6 nitrogen and oxygen atoms in total. The summed E-state index contributed by atoms with van der Waals surface area (Å²) in [6, 6.07) is 12.0. The van der Waals surface area contributed by atoms with Crippen molar-refractivity contribution in [3.05, 3.63) is 65.7 Å². The number of carbonyl (C=O) groups is 1. The highest BCUT2D eigenvalue weighted by molar-refractivity contribution is 7.99. The summed E-state index contributed by atoms with van der Waals surface area (Å²) in [5.74, 6) is 2.67. The summed E-state index contributed by atoms with van der Waals surface area (Å²) < 4.78 is 4.02. The lowest BCUT2D eigenvalue weighted by Gasteiger charge is -2.21. The van der Waals surface area contributed by atoms with E-state index >= 15 is 0 Å². The third-order valence-electron chi connectivity index (χ3n) is 6.23. The molecule has 1 amide bonds. The fourth-order valence-corrected chi connectivity index (χ4v) is 5.56. The van der Waals surface area contributed by atoms with E-state index in [2.05, 4.69) is 32.2 Å². The summed E-state index contributed by atoms with van der Waals surface area (Å²) in [6.45, 7) is 0. The van der Waals surface area contributed by atoms with Gasteiger partial charge in [-0.2, -0.15) is 0 Å². The molecule has 0 aliphatic heterocycles. The van der Waals surface area contributed by atoms with Gasteiger partial charge in [-0.15, -0.1) is 10.2 Å². The standard InChI is InChI=1S/C25H33N5OS/c1-29-14-13-21(17-29)16-23(31)26-22(15-19-9-5-3-6-10-19)24-27-28-25(30(24)2)32-18-20-11-7-4-8-12-20/h3,5-6,9-10,13-14,17,20,22H,4,7-8,11-12,15-16,18H2,1-2H3,(H,26,31). The van der Waals surface area contributed by atoms with Gasteiger partial charge in [-0.25, -0.2) is 0 Å². The highest BCUT2D eigenvalue weighted by atomic mass is 32.2. The van der Waals surface area contributed by atoms with Crippen molar-refractivity contribution in [2.75, 3.05) is 5.75 Å². The van der Waals surface area contributed by atoms with Crippen LogP contribution in [0.2, 0.25) is 0 Å². The predicted octanol–water partition coefficient (Wildman–Crippen LogP) is 4.47. The van der Waals surface area contributed by atoms with Crippen molar-refractivity contribution < 1.29 is 4.79 Å². The molecule has 1 atom stereocenters. The van der Waals surface area contributed by atoms with Gasteiger partial charge in [0, 0.05) is 32.2 Å². The van der Waals surface area contributed by atoms with Crippen molar-refractivity contribution in [2.24, 2.45) is 20.0 Å². The molecule has 0 saturated heterocycles. The number of aromatic nitrogens is 4. The van der Waals surface area contributed by atoms with Gasteiger partial charge in [0.25, 0.3) is 0 Å². The van der Waals surface area contributed by atoms with Crippen molar-refractivity contribution >= 4 is 17.7 Å². The second-order valence-electron chi connectivity index (χ2n) is 8.89. The SMILES string of the molecule is Cn1ccc(CC(=O)NC(Cc2ccccc2)c2nnc(SCC3CCCCC3)n2C)c1. The Balaban J connectivity index is 1.47. The molecular formula is C25H33N5OS. The summed E-state index contributed by atoms with van der Waals surface area (Å²) >= 11 is 1.80. The molecule has 2 aromatic heterocycles. The first kappa shape index (κ1) is 22.6. The lowest BCUT2D eigenvalue weighted by molar-refractivity contribution is -0.121. The van der Waals surface area contributed by atoms with E-state index in [4.69, 9.17) is 0 Å². The van der Waals surface area contributed by atoms with E-state index in [1.165, 1.54) is 32.1 Å². The molecule has 7 heteroatoms. The maximum absolute atomic E-state index is 12.9. The molecule has 32 heavy (non-hydrogen) atoms. The van der Waals surface area contributed by atoms with E-state index in [1.807, 2.05) is 55.3 Å². The number of rotatable bonds is 9. The van der Waals surface area contributed by atoms with E-state index in [-0.39, 0.29) is 11.9 Å². The first-order valence-electron chi connectivity index (χ1n) is 11.5. The molecule has 0 radical (unpaired) electrons. The quantitative estimate of drug-likeness (QED) is 0.488. The molecule has 2 heterocycles. The Morgan fingerprint density at radius 3 is 2.59 bits per heavy atom. The minimum atomic E-state index is -0.227. The Labute approximate surface area is 194 Å². The van der Waals surface area contributed by atoms with Gasteiger partial charge in [-0.3, -0.25) is 4.79 Å². The monoisotopic (exact) mass is 451 g/mol. The normalized spacial score (nSPS) is 15.6. The van der Waals surface area contributed by atoms with Crippen LogP contribution in [0.15, 0.2) is 53.9 Å². The van der Waals surface area contributed by atoms with Crippen molar-refractivity contribution in [2.45, 2.75) is 56.1 Å². The zero-order valence-corrected chi connectivity index (χ0v) is 19.9. The highest BCUT2D eigenvalue weighted by Gasteiger charge is 2.23. The number of thioether (sulfide) groups is 1. The van der Waals surface area contributed by atoms with Gasteiger partial charge in [0.2, 0.25) is 5.91 Å². The number of amides is 1. The molecule has 1 aliphatic rings. The van der Waals surface area contributed by atoms with Gasteiger partial charge < -0.3 is 14.5 Å². The number of aryl methyl sites for hydroxylation is 1. The molecule has 1 N–H and O–H groups in total. The second kappa shape index (κ2) is 10.9. The zero-order chi connectivity index (χ0) is 22.3. The minimum Gasteiger partial charge on any atom is -0.357 e. The molecule has 170 valence electrons. The largest absolute Gasteiger partial charge is 0.357 e. The summed E-state index contributed by atoms with van der Waals surface area (Å²) in [5, 5.41) is 13.1. The number of hydrogen-bond donors (Lipinski definition) is 1. The topological polar surface area (TPSA) is 64.7 Å². The van der Waals surface area contributed by atoms with Gasteiger partial charge in [0.15, 0.2) is 11.0 Å². The van der Waals surface area contributed by atoms with Gasteiger partial charge in [-0.1, -0.05) is 61.4 Å². The summed E-state index contributed by atoms with van der Waals surface area (Å²) in [6.07, 6.45) is 11.7. The number of nitrogens with zero attached hydrogens (tertiary/aromatic N) is 4. The van der Waals surface area contributed by atoms with Crippen molar-refractivity contribution in [1.82, 2.24) is 24.6 Å². The first-order valence-corrected chi connectivity index (χ1v) is 12.5. The summed E-state index contributed by atoms with van der Waals surface area (Å²) in [4.78, 5) is 12.9. The lowest BCUT2D eigenvalue weighted by Crippen LogP contribution is -2.32. The number of nitrogens with one attached hydrogen (secondary N) is 1. The molecule has 1 aromatic carbocycles. The van der Waals surface area contributed by atoms with Crippen LogP contribution >= 0.6 is 11.8 Å². The van der Waals surface area contributed by atoms with Crippen LogP contribution < -0.4 is 5.32 Å². The molecule has 1 saturated carbocycles.